The minimum atomic E-state index is 0. The Hall–Kier alpha value is -2.45. The van der Waals surface area contributed by atoms with Gasteiger partial charge in [-0.2, -0.15) is 9.97 Å². The first-order valence-corrected chi connectivity index (χ1v) is 7.67. The Labute approximate surface area is 151 Å². The summed E-state index contributed by atoms with van der Waals surface area (Å²) in [6.07, 6.45) is 0.686. The van der Waals surface area contributed by atoms with Crippen molar-refractivity contribution in [2.75, 3.05) is 7.05 Å². The fourth-order valence-electron chi connectivity index (χ4n) is 2.13. The van der Waals surface area contributed by atoms with Crippen LogP contribution in [0.2, 0.25) is 0 Å². The molecule has 8 nitrogen and oxygen atoms in total. The van der Waals surface area contributed by atoms with Gasteiger partial charge in [0, 0.05) is 19.4 Å². The number of nitrogens with one attached hydrogen (secondary N) is 1. The lowest BCUT2D eigenvalue weighted by atomic mass is 10.2. The van der Waals surface area contributed by atoms with Crippen molar-refractivity contribution in [3.8, 4) is 17.2 Å². The lowest BCUT2D eigenvalue weighted by Crippen LogP contribution is -2.24. The molecule has 0 spiro atoms. The van der Waals surface area contributed by atoms with Crippen LogP contribution in [0.1, 0.15) is 24.5 Å². The molecule has 134 valence electrons. The molecule has 0 aliphatic rings. The first-order valence-electron chi connectivity index (χ1n) is 7.67. The summed E-state index contributed by atoms with van der Waals surface area (Å²) < 4.78 is 16.1. The zero-order chi connectivity index (χ0) is 16.9. The number of benzene rings is 1. The number of aromatic nitrogens is 4. The maximum Gasteiger partial charge on any atom is 0.261 e. The maximum atomic E-state index is 5.78. The zero-order valence-electron chi connectivity index (χ0n) is 14.2. The molecular weight excluding hydrogens is 346 g/mol. The quantitative estimate of drug-likeness (QED) is 0.682. The SMILES string of the molecule is CNC(C)Cc1noc(-c2ccccc2OCc2noc(C)n2)n1.Cl. The lowest BCUT2D eigenvalue weighted by molar-refractivity contribution is 0.285. The van der Waals surface area contributed by atoms with E-state index in [1.165, 1.54) is 0 Å². The molecule has 0 radical (unpaired) electrons. The standard InChI is InChI=1S/C16H19N5O3.ClH/c1-10(17-3)8-14-19-16(24-20-14)12-6-4-5-7-13(12)22-9-15-18-11(2)23-21-15;/h4-7,10,17H,8-9H2,1-3H3;1H. The van der Waals surface area contributed by atoms with Crippen molar-refractivity contribution in [3.63, 3.8) is 0 Å². The van der Waals surface area contributed by atoms with Gasteiger partial charge in [-0.3, -0.25) is 0 Å². The highest BCUT2D eigenvalue weighted by atomic mass is 35.5. The molecule has 0 bridgehead atoms. The van der Waals surface area contributed by atoms with E-state index in [0.717, 1.165) is 5.56 Å². The van der Waals surface area contributed by atoms with Gasteiger partial charge in [0.1, 0.15) is 5.75 Å². The van der Waals surface area contributed by atoms with Crippen molar-refractivity contribution >= 4 is 12.4 Å². The fourth-order valence-corrected chi connectivity index (χ4v) is 2.13. The summed E-state index contributed by atoms with van der Waals surface area (Å²) in [5.74, 6) is 2.68. The van der Waals surface area contributed by atoms with Gasteiger partial charge in [-0.25, -0.2) is 0 Å². The van der Waals surface area contributed by atoms with Gasteiger partial charge in [-0.15, -0.1) is 12.4 Å². The fraction of sp³-hybridized carbons (Fsp3) is 0.375. The van der Waals surface area contributed by atoms with Crippen LogP contribution in [0.5, 0.6) is 5.75 Å². The second kappa shape index (κ2) is 8.59. The van der Waals surface area contributed by atoms with Gasteiger partial charge in [0.15, 0.2) is 12.4 Å². The summed E-state index contributed by atoms with van der Waals surface area (Å²) in [4.78, 5) is 8.55. The van der Waals surface area contributed by atoms with Crippen molar-refractivity contribution in [1.82, 2.24) is 25.6 Å². The van der Waals surface area contributed by atoms with E-state index in [1.54, 1.807) is 6.92 Å². The topological polar surface area (TPSA) is 99.1 Å². The van der Waals surface area contributed by atoms with Gasteiger partial charge in [-0.05, 0) is 26.1 Å². The second-order valence-corrected chi connectivity index (χ2v) is 5.42. The van der Waals surface area contributed by atoms with E-state index < -0.39 is 0 Å². The number of hydrogen-bond acceptors (Lipinski definition) is 8. The molecule has 1 aromatic carbocycles. The van der Waals surface area contributed by atoms with Gasteiger partial charge in [0.25, 0.3) is 5.89 Å². The molecule has 9 heteroatoms. The molecule has 0 saturated carbocycles. The molecule has 3 rings (SSSR count). The van der Waals surface area contributed by atoms with Crippen molar-refractivity contribution in [2.24, 2.45) is 0 Å². The van der Waals surface area contributed by atoms with E-state index >= 15 is 0 Å². The summed E-state index contributed by atoms with van der Waals surface area (Å²) in [5, 5.41) is 11.0. The van der Waals surface area contributed by atoms with Crippen LogP contribution in [-0.4, -0.2) is 33.4 Å². The van der Waals surface area contributed by atoms with E-state index in [9.17, 15) is 0 Å². The van der Waals surface area contributed by atoms with E-state index in [-0.39, 0.29) is 25.1 Å². The highest BCUT2D eigenvalue weighted by Gasteiger charge is 2.15. The highest BCUT2D eigenvalue weighted by molar-refractivity contribution is 5.85. The number of ether oxygens (including phenoxy) is 1. The Kier molecular flexibility index (Phi) is 6.49. The number of aryl methyl sites for hydroxylation is 1. The number of rotatable bonds is 7. The summed E-state index contributed by atoms with van der Waals surface area (Å²) in [7, 11) is 1.90. The zero-order valence-corrected chi connectivity index (χ0v) is 15.0. The van der Waals surface area contributed by atoms with Crippen LogP contribution in [0, 0.1) is 6.92 Å². The summed E-state index contributed by atoms with van der Waals surface area (Å²) in [6.45, 7) is 3.99. The average molecular weight is 366 g/mol. The molecule has 3 aromatic rings. The van der Waals surface area contributed by atoms with Gasteiger partial charge in [0.05, 0.1) is 5.56 Å². The summed E-state index contributed by atoms with van der Waals surface area (Å²) in [6, 6.07) is 7.74. The number of hydrogen-bond donors (Lipinski definition) is 1. The summed E-state index contributed by atoms with van der Waals surface area (Å²) >= 11 is 0. The largest absolute Gasteiger partial charge is 0.485 e. The van der Waals surface area contributed by atoms with Crippen LogP contribution < -0.4 is 10.1 Å². The van der Waals surface area contributed by atoms with Crippen molar-refractivity contribution in [3.05, 3.63) is 41.8 Å². The highest BCUT2D eigenvalue weighted by Crippen LogP contribution is 2.29. The van der Waals surface area contributed by atoms with Crippen LogP contribution in [0.4, 0.5) is 0 Å². The third-order valence-electron chi connectivity index (χ3n) is 3.49. The number of nitrogens with zero attached hydrogens (tertiary/aromatic N) is 4. The van der Waals surface area contributed by atoms with Gasteiger partial charge in [0.2, 0.25) is 11.7 Å². The Balaban J connectivity index is 0.00000225. The molecule has 2 heterocycles. The molecule has 0 saturated heterocycles. The van der Waals surface area contributed by atoms with Gasteiger partial charge >= 0.3 is 0 Å². The van der Waals surface area contributed by atoms with Gasteiger partial charge in [-0.1, -0.05) is 22.4 Å². The smallest absolute Gasteiger partial charge is 0.261 e. The Morgan fingerprint density at radius 3 is 2.60 bits per heavy atom. The molecule has 25 heavy (non-hydrogen) atoms. The molecular formula is C16H20ClN5O3. The lowest BCUT2D eigenvalue weighted by Gasteiger charge is -2.07. The van der Waals surface area contributed by atoms with Crippen LogP contribution in [0.15, 0.2) is 33.3 Å². The molecule has 1 N–H and O–H groups in total. The Morgan fingerprint density at radius 1 is 1.12 bits per heavy atom. The van der Waals surface area contributed by atoms with E-state index in [0.29, 0.717) is 35.6 Å². The second-order valence-electron chi connectivity index (χ2n) is 5.42. The summed E-state index contributed by atoms with van der Waals surface area (Å²) in [5.41, 5.74) is 0.730. The Morgan fingerprint density at radius 2 is 1.88 bits per heavy atom. The van der Waals surface area contributed by atoms with Crippen molar-refractivity contribution < 1.29 is 13.8 Å². The first kappa shape index (κ1) is 18.9. The van der Waals surface area contributed by atoms with Crippen LogP contribution in [0.3, 0.4) is 0 Å². The molecule has 0 fully saturated rings. The number of para-hydroxylation sites is 1. The third-order valence-corrected chi connectivity index (χ3v) is 3.49. The average Bonchev–Trinajstić information content (AvgIpc) is 3.22. The number of likely N-dealkylation sites (N-methyl/N-ethyl adjacent to an activating group) is 1. The van der Waals surface area contributed by atoms with Crippen molar-refractivity contribution in [2.45, 2.75) is 32.9 Å². The van der Waals surface area contributed by atoms with Crippen LogP contribution in [-0.2, 0) is 13.0 Å². The van der Waals surface area contributed by atoms with E-state index in [2.05, 4.69) is 32.5 Å². The van der Waals surface area contributed by atoms with Crippen molar-refractivity contribution in [1.29, 1.82) is 0 Å². The minimum absolute atomic E-state index is 0. The molecule has 0 aliphatic heterocycles. The normalized spacial score (nSPS) is 11.8. The minimum Gasteiger partial charge on any atom is -0.485 e. The predicted molar refractivity (Wildman–Crippen MR) is 92.6 cm³/mol. The van der Waals surface area contributed by atoms with Crippen LogP contribution >= 0.6 is 12.4 Å². The number of halogens is 1. The Bertz CT molecular complexity index is 804. The molecule has 1 unspecified atom stereocenters. The van der Waals surface area contributed by atoms with Crippen LogP contribution in [0.25, 0.3) is 11.5 Å². The van der Waals surface area contributed by atoms with E-state index in [4.69, 9.17) is 13.8 Å². The third kappa shape index (κ3) is 4.77. The van der Waals surface area contributed by atoms with E-state index in [1.807, 2.05) is 31.3 Å². The molecule has 0 aliphatic carbocycles. The molecule has 0 amide bonds. The molecule has 1 atom stereocenters. The molecule has 2 aromatic heterocycles. The monoisotopic (exact) mass is 365 g/mol. The first-order chi connectivity index (χ1) is 11.7. The predicted octanol–water partition coefficient (Wildman–Crippen LogP) is 2.58. The van der Waals surface area contributed by atoms with Gasteiger partial charge < -0.3 is 19.1 Å². The maximum absolute atomic E-state index is 5.78.